The van der Waals surface area contributed by atoms with E-state index in [4.69, 9.17) is 11.6 Å². The van der Waals surface area contributed by atoms with Crippen molar-refractivity contribution < 1.29 is 9.90 Å². The standard InChI is InChI=1S/C14H21ClN2O2/c1-4-17(5-2)13(18)16-10-14(3,19)11-6-8-12(15)9-7-11/h6-9,19H,4-5,10H2,1-3H3,(H,16,18). The van der Waals surface area contributed by atoms with Gasteiger partial charge in [0, 0.05) is 18.1 Å². The Morgan fingerprint density at radius 3 is 2.32 bits per heavy atom. The van der Waals surface area contributed by atoms with E-state index in [0.29, 0.717) is 18.1 Å². The average Bonchev–Trinajstić information content (AvgIpc) is 2.38. The highest BCUT2D eigenvalue weighted by Gasteiger charge is 2.24. The first-order valence-corrected chi connectivity index (χ1v) is 6.79. The quantitative estimate of drug-likeness (QED) is 0.873. The number of amides is 2. The Balaban J connectivity index is 2.65. The summed E-state index contributed by atoms with van der Waals surface area (Å²) >= 11 is 5.81. The van der Waals surface area contributed by atoms with Crippen LogP contribution >= 0.6 is 11.6 Å². The summed E-state index contributed by atoms with van der Waals surface area (Å²) in [5.41, 5.74) is -0.398. The molecule has 1 unspecified atom stereocenters. The molecule has 19 heavy (non-hydrogen) atoms. The fourth-order valence-electron chi connectivity index (χ4n) is 1.78. The fraction of sp³-hybridized carbons (Fsp3) is 0.500. The smallest absolute Gasteiger partial charge is 0.317 e. The second-order valence-electron chi connectivity index (χ2n) is 4.61. The molecule has 0 saturated carbocycles. The molecule has 1 aromatic rings. The first-order valence-electron chi connectivity index (χ1n) is 6.42. The van der Waals surface area contributed by atoms with Crippen LogP contribution in [0.2, 0.25) is 5.02 Å². The Kier molecular flexibility index (Phi) is 5.63. The molecular weight excluding hydrogens is 264 g/mol. The number of nitrogens with one attached hydrogen (secondary N) is 1. The Labute approximate surface area is 119 Å². The molecule has 0 aromatic heterocycles. The number of hydrogen-bond acceptors (Lipinski definition) is 2. The monoisotopic (exact) mass is 284 g/mol. The van der Waals surface area contributed by atoms with E-state index in [1.54, 1.807) is 36.1 Å². The molecule has 1 aromatic carbocycles. The van der Waals surface area contributed by atoms with Gasteiger partial charge in [0.25, 0.3) is 0 Å². The van der Waals surface area contributed by atoms with E-state index in [0.717, 1.165) is 5.56 Å². The van der Waals surface area contributed by atoms with Crippen LogP contribution in [0, 0.1) is 0 Å². The van der Waals surface area contributed by atoms with Gasteiger partial charge in [-0.2, -0.15) is 0 Å². The van der Waals surface area contributed by atoms with Crippen LogP contribution in [-0.4, -0.2) is 35.7 Å². The maximum absolute atomic E-state index is 11.8. The predicted octanol–water partition coefficient (Wildman–Crippen LogP) is 2.60. The van der Waals surface area contributed by atoms with Crippen LogP contribution in [0.1, 0.15) is 26.3 Å². The molecule has 0 spiro atoms. The molecule has 0 radical (unpaired) electrons. The van der Waals surface area contributed by atoms with Crippen LogP contribution in [0.4, 0.5) is 4.79 Å². The molecule has 2 amide bonds. The number of hydrogen-bond donors (Lipinski definition) is 2. The molecule has 1 atom stereocenters. The SMILES string of the molecule is CCN(CC)C(=O)NCC(C)(O)c1ccc(Cl)cc1. The van der Waals surface area contributed by atoms with Gasteiger partial charge in [-0.3, -0.25) is 0 Å². The van der Waals surface area contributed by atoms with Crippen molar-refractivity contribution in [3.8, 4) is 0 Å². The highest BCUT2D eigenvalue weighted by atomic mass is 35.5. The molecule has 106 valence electrons. The van der Waals surface area contributed by atoms with Gasteiger partial charge in [0.1, 0.15) is 5.60 Å². The zero-order valence-electron chi connectivity index (χ0n) is 11.6. The van der Waals surface area contributed by atoms with Crippen molar-refractivity contribution in [3.63, 3.8) is 0 Å². The summed E-state index contributed by atoms with van der Waals surface area (Å²) < 4.78 is 0. The van der Waals surface area contributed by atoms with Crippen molar-refractivity contribution in [3.05, 3.63) is 34.9 Å². The number of urea groups is 1. The minimum atomic E-state index is -1.12. The minimum absolute atomic E-state index is 0.157. The van der Waals surface area contributed by atoms with E-state index in [2.05, 4.69) is 5.32 Å². The minimum Gasteiger partial charge on any atom is -0.384 e. The van der Waals surface area contributed by atoms with Gasteiger partial charge in [-0.1, -0.05) is 23.7 Å². The van der Waals surface area contributed by atoms with Crippen molar-refractivity contribution in [1.82, 2.24) is 10.2 Å². The van der Waals surface area contributed by atoms with Gasteiger partial charge in [-0.05, 0) is 38.5 Å². The van der Waals surface area contributed by atoms with Gasteiger partial charge in [-0.15, -0.1) is 0 Å². The Morgan fingerprint density at radius 2 is 1.84 bits per heavy atom. The van der Waals surface area contributed by atoms with Gasteiger partial charge in [0.2, 0.25) is 0 Å². The summed E-state index contributed by atoms with van der Waals surface area (Å²) in [7, 11) is 0. The lowest BCUT2D eigenvalue weighted by Crippen LogP contribution is -2.45. The third kappa shape index (κ3) is 4.40. The van der Waals surface area contributed by atoms with Crippen LogP contribution < -0.4 is 5.32 Å². The molecule has 1 rings (SSSR count). The maximum atomic E-state index is 11.8. The molecule has 4 nitrogen and oxygen atoms in total. The first kappa shape index (κ1) is 15.8. The lowest BCUT2D eigenvalue weighted by atomic mass is 9.96. The van der Waals surface area contributed by atoms with E-state index in [-0.39, 0.29) is 12.6 Å². The third-order valence-electron chi connectivity index (χ3n) is 3.10. The van der Waals surface area contributed by atoms with Gasteiger partial charge in [0.05, 0.1) is 6.54 Å². The summed E-state index contributed by atoms with van der Waals surface area (Å²) in [5, 5.41) is 13.7. The summed E-state index contributed by atoms with van der Waals surface area (Å²) in [6.07, 6.45) is 0. The second kappa shape index (κ2) is 6.78. The summed E-state index contributed by atoms with van der Waals surface area (Å²) in [4.78, 5) is 13.5. The number of benzene rings is 1. The molecule has 0 aliphatic heterocycles. The number of carbonyl (C=O) groups is 1. The van der Waals surface area contributed by atoms with Gasteiger partial charge in [-0.25, -0.2) is 4.79 Å². The first-order chi connectivity index (χ1) is 8.90. The number of rotatable bonds is 5. The topological polar surface area (TPSA) is 52.6 Å². The fourth-order valence-corrected chi connectivity index (χ4v) is 1.91. The van der Waals surface area contributed by atoms with Crippen molar-refractivity contribution in [2.75, 3.05) is 19.6 Å². The normalized spacial score (nSPS) is 13.7. The van der Waals surface area contributed by atoms with E-state index in [1.165, 1.54) is 0 Å². The molecule has 0 aliphatic rings. The van der Waals surface area contributed by atoms with E-state index in [1.807, 2.05) is 13.8 Å². The second-order valence-corrected chi connectivity index (χ2v) is 5.05. The van der Waals surface area contributed by atoms with E-state index < -0.39 is 5.60 Å². The highest BCUT2D eigenvalue weighted by Crippen LogP contribution is 2.21. The zero-order valence-corrected chi connectivity index (χ0v) is 12.4. The molecule has 0 heterocycles. The van der Waals surface area contributed by atoms with Crippen molar-refractivity contribution >= 4 is 17.6 Å². The molecule has 2 N–H and O–H groups in total. The number of halogens is 1. The number of nitrogens with zero attached hydrogens (tertiary/aromatic N) is 1. The summed E-state index contributed by atoms with van der Waals surface area (Å²) in [5.74, 6) is 0. The van der Waals surface area contributed by atoms with Crippen LogP contribution in [0.15, 0.2) is 24.3 Å². The highest BCUT2D eigenvalue weighted by molar-refractivity contribution is 6.30. The molecular formula is C14H21ClN2O2. The molecule has 5 heteroatoms. The number of aliphatic hydroxyl groups is 1. The predicted molar refractivity (Wildman–Crippen MR) is 77.3 cm³/mol. The van der Waals surface area contributed by atoms with Crippen molar-refractivity contribution in [1.29, 1.82) is 0 Å². The van der Waals surface area contributed by atoms with E-state index in [9.17, 15) is 9.90 Å². The Bertz CT molecular complexity index is 414. The summed E-state index contributed by atoms with van der Waals surface area (Å²) in [6.45, 7) is 6.94. The third-order valence-corrected chi connectivity index (χ3v) is 3.35. The Hall–Kier alpha value is -1.26. The zero-order chi connectivity index (χ0) is 14.5. The summed E-state index contributed by atoms with van der Waals surface area (Å²) in [6, 6.07) is 6.78. The van der Waals surface area contributed by atoms with Gasteiger partial charge < -0.3 is 15.3 Å². The van der Waals surface area contributed by atoms with Gasteiger partial charge >= 0.3 is 6.03 Å². The lowest BCUT2D eigenvalue weighted by molar-refractivity contribution is 0.0577. The molecule has 0 bridgehead atoms. The van der Waals surface area contributed by atoms with Gasteiger partial charge in [0.15, 0.2) is 0 Å². The number of carbonyl (C=O) groups excluding carboxylic acids is 1. The van der Waals surface area contributed by atoms with Crippen LogP contribution in [0.5, 0.6) is 0 Å². The maximum Gasteiger partial charge on any atom is 0.317 e. The Morgan fingerprint density at radius 1 is 1.32 bits per heavy atom. The molecule has 0 aliphatic carbocycles. The molecule has 0 saturated heterocycles. The van der Waals surface area contributed by atoms with E-state index >= 15 is 0 Å². The van der Waals surface area contributed by atoms with Crippen LogP contribution in [0.3, 0.4) is 0 Å². The molecule has 0 fully saturated rings. The van der Waals surface area contributed by atoms with Crippen LogP contribution in [0.25, 0.3) is 0 Å². The largest absolute Gasteiger partial charge is 0.384 e. The lowest BCUT2D eigenvalue weighted by Gasteiger charge is -2.26. The van der Waals surface area contributed by atoms with Crippen LogP contribution in [-0.2, 0) is 5.60 Å². The van der Waals surface area contributed by atoms with Crippen molar-refractivity contribution in [2.24, 2.45) is 0 Å². The van der Waals surface area contributed by atoms with Crippen molar-refractivity contribution in [2.45, 2.75) is 26.4 Å². The average molecular weight is 285 g/mol.